The molecular weight excluding hydrogens is 226 g/mol. The number of hydrogen-bond donors (Lipinski definition) is 0. The van der Waals surface area contributed by atoms with Gasteiger partial charge in [0, 0.05) is 25.2 Å². The van der Waals surface area contributed by atoms with Crippen LogP contribution in [-0.2, 0) is 9.63 Å². The number of oxime groups is 1. The van der Waals surface area contributed by atoms with Crippen LogP contribution in [0, 0.1) is 0 Å². The molecule has 0 saturated heterocycles. The highest BCUT2D eigenvalue weighted by Crippen LogP contribution is 2.58. The number of carbonyl (C=O) groups excluding carboxylic acids is 1. The van der Waals surface area contributed by atoms with Gasteiger partial charge in [0.1, 0.15) is 5.78 Å². The van der Waals surface area contributed by atoms with Crippen LogP contribution in [0.25, 0.3) is 0 Å². The second kappa shape index (κ2) is 4.23. The molecule has 3 nitrogen and oxygen atoms in total. The Hall–Kier alpha value is -1.64. The molecule has 2 atom stereocenters. The molecular formula is C15H17NO2. The second-order valence-corrected chi connectivity index (χ2v) is 5.36. The number of ketones is 1. The average molecular weight is 243 g/mol. The first kappa shape index (κ1) is 11.5. The Labute approximate surface area is 107 Å². The number of carbonyl (C=O) groups is 1. The highest BCUT2D eigenvalue weighted by Gasteiger charge is 2.60. The van der Waals surface area contributed by atoms with E-state index in [1.54, 1.807) is 6.92 Å². The molecule has 1 aromatic carbocycles. The Kier molecular flexibility index (Phi) is 2.69. The van der Waals surface area contributed by atoms with Gasteiger partial charge in [-0.1, -0.05) is 35.5 Å². The van der Waals surface area contributed by atoms with Crippen LogP contribution in [0.2, 0.25) is 0 Å². The van der Waals surface area contributed by atoms with Crippen LogP contribution in [-0.4, -0.2) is 17.1 Å². The van der Waals surface area contributed by atoms with Crippen LogP contribution >= 0.6 is 0 Å². The summed E-state index contributed by atoms with van der Waals surface area (Å²) in [5.41, 5.74) is 2.29. The standard InChI is InChI=1S/C15H17NO2/c1-11(17)7-8-13-9-15(18-16-13)10-14(15)12-5-3-2-4-6-12/h2-6,14H,7-10H2,1H3. The third kappa shape index (κ3) is 2.05. The van der Waals surface area contributed by atoms with E-state index in [1.807, 2.05) is 6.07 Å². The fraction of sp³-hybridized carbons (Fsp3) is 0.467. The Bertz CT molecular complexity index is 494. The van der Waals surface area contributed by atoms with Gasteiger partial charge in [-0.05, 0) is 18.9 Å². The number of rotatable bonds is 4. The zero-order valence-corrected chi connectivity index (χ0v) is 10.6. The Morgan fingerprint density at radius 3 is 2.94 bits per heavy atom. The Balaban J connectivity index is 1.60. The fourth-order valence-electron chi connectivity index (χ4n) is 2.71. The first-order chi connectivity index (χ1) is 8.70. The summed E-state index contributed by atoms with van der Waals surface area (Å²) in [6, 6.07) is 10.5. The first-order valence-electron chi connectivity index (χ1n) is 6.48. The van der Waals surface area contributed by atoms with Gasteiger partial charge in [0.2, 0.25) is 0 Å². The summed E-state index contributed by atoms with van der Waals surface area (Å²) in [5.74, 6) is 0.686. The maximum atomic E-state index is 11.0. The minimum Gasteiger partial charge on any atom is -0.388 e. The quantitative estimate of drug-likeness (QED) is 0.815. The van der Waals surface area contributed by atoms with Crippen LogP contribution < -0.4 is 0 Å². The summed E-state index contributed by atoms with van der Waals surface area (Å²) >= 11 is 0. The van der Waals surface area contributed by atoms with E-state index in [0.717, 1.165) is 25.0 Å². The van der Waals surface area contributed by atoms with E-state index in [-0.39, 0.29) is 11.4 Å². The molecule has 1 heterocycles. The lowest BCUT2D eigenvalue weighted by Gasteiger charge is -2.07. The molecule has 2 aliphatic rings. The molecule has 0 N–H and O–H groups in total. The van der Waals surface area contributed by atoms with Crippen molar-refractivity contribution in [1.82, 2.24) is 0 Å². The SMILES string of the molecule is CC(=O)CCC1=NOC2(C1)CC2c1ccccc1. The van der Waals surface area contributed by atoms with Gasteiger partial charge in [0.15, 0.2) is 5.60 Å². The topological polar surface area (TPSA) is 38.7 Å². The second-order valence-electron chi connectivity index (χ2n) is 5.36. The monoisotopic (exact) mass is 243 g/mol. The zero-order chi connectivity index (χ0) is 12.6. The van der Waals surface area contributed by atoms with Crippen molar-refractivity contribution < 1.29 is 9.63 Å². The third-order valence-corrected chi connectivity index (χ3v) is 3.85. The van der Waals surface area contributed by atoms with Gasteiger partial charge in [-0.3, -0.25) is 0 Å². The minimum atomic E-state index is -0.0898. The van der Waals surface area contributed by atoms with Crippen LogP contribution in [0.15, 0.2) is 35.5 Å². The zero-order valence-electron chi connectivity index (χ0n) is 10.6. The normalized spacial score (nSPS) is 28.9. The Morgan fingerprint density at radius 2 is 2.22 bits per heavy atom. The highest BCUT2D eigenvalue weighted by atomic mass is 16.7. The van der Waals surface area contributed by atoms with Crippen molar-refractivity contribution in [2.45, 2.75) is 44.1 Å². The van der Waals surface area contributed by atoms with E-state index in [0.29, 0.717) is 12.3 Å². The van der Waals surface area contributed by atoms with Gasteiger partial charge in [-0.2, -0.15) is 0 Å². The van der Waals surface area contributed by atoms with Crippen molar-refractivity contribution in [1.29, 1.82) is 0 Å². The van der Waals surface area contributed by atoms with Crippen molar-refractivity contribution in [2.75, 3.05) is 0 Å². The molecule has 0 bridgehead atoms. The summed E-state index contributed by atoms with van der Waals surface area (Å²) in [6.07, 6.45) is 3.26. The number of hydrogen-bond acceptors (Lipinski definition) is 3. The van der Waals surface area contributed by atoms with Crippen molar-refractivity contribution in [3.8, 4) is 0 Å². The molecule has 1 fully saturated rings. The largest absolute Gasteiger partial charge is 0.388 e. The van der Waals surface area contributed by atoms with E-state index < -0.39 is 0 Å². The summed E-state index contributed by atoms with van der Waals surface area (Å²) in [7, 11) is 0. The van der Waals surface area contributed by atoms with E-state index in [2.05, 4.69) is 29.4 Å². The summed E-state index contributed by atoms with van der Waals surface area (Å²) in [4.78, 5) is 16.6. The first-order valence-corrected chi connectivity index (χ1v) is 6.48. The summed E-state index contributed by atoms with van der Waals surface area (Å²) in [5, 5.41) is 4.16. The fourth-order valence-corrected chi connectivity index (χ4v) is 2.71. The minimum absolute atomic E-state index is 0.0898. The molecule has 1 aliphatic carbocycles. The lowest BCUT2D eigenvalue weighted by atomic mass is 10.0. The molecule has 1 saturated carbocycles. The lowest BCUT2D eigenvalue weighted by molar-refractivity contribution is -0.116. The average Bonchev–Trinajstić information content (AvgIpc) is 2.91. The molecule has 0 radical (unpaired) electrons. The van der Waals surface area contributed by atoms with E-state index in [1.165, 1.54) is 5.56 Å². The molecule has 18 heavy (non-hydrogen) atoms. The van der Waals surface area contributed by atoms with Crippen molar-refractivity contribution in [3.63, 3.8) is 0 Å². The predicted octanol–water partition coefficient (Wildman–Crippen LogP) is 3.06. The third-order valence-electron chi connectivity index (χ3n) is 3.85. The van der Waals surface area contributed by atoms with Crippen LogP contribution in [0.4, 0.5) is 0 Å². The maximum absolute atomic E-state index is 11.0. The van der Waals surface area contributed by atoms with E-state index >= 15 is 0 Å². The summed E-state index contributed by atoms with van der Waals surface area (Å²) in [6.45, 7) is 1.62. The highest BCUT2D eigenvalue weighted by molar-refractivity contribution is 5.90. The molecule has 2 unspecified atom stereocenters. The number of nitrogens with zero attached hydrogens (tertiary/aromatic N) is 1. The summed E-state index contributed by atoms with van der Waals surface area (Å²) < 4.78 is 0. The molecule has 94 valence electrons. The van der Waals surface area contributed by atoms with Gasteiger partial charge in [0.25, 0.3) is 0 Å². The van der Waals surface area contributed by atoms with E-state index in [9.17, 15) is 4.79 Å². The van der Waals surface area contributed by atoms with Gasteiger partial charge in [0.05, 0.1) is 5.71 Å². The van der Waals surface area contributed by atoms with Gasteiger partial charge < -0.3 is 9.63 Å². The van der Waals surface area contributed by atoms with E-state index in [4.69, 9.17) is 4.84 Å². The molecule has 0 aromatic heterocycles. The van der Waals surface area contributed by atoms with Crippen LogP contribution in [0.1, 0.15) is 44.1 Å². The molecule has 1 spiro atoms. The van der Waals surface area contributed by atoms with Crippen LogP contribution in [0.5, 0.6) is 0 Å². The van der Waals surface area contributed by atoms with Gasteiger partial charge in [-0.15, -0.1) is 0 Å². The van der Waals surface area contributed by atoms with Crippen LogP contribution in [0.3, 0.4) is 0 Å². The van der Waals surface area contributed by atoms with Gasteiger partial charge >= 0.3 is 0 Å². The maximum Gasteiger partial charge on any atom is 0.150 e. The van der Waals surface area contributed by atoms with Crippen molar-refractivity contribution in [3.05, 3.63) is 35.9 Å². The Morgan fingerprint density at radius 1 is 1.44 bits per heavy atom. The van der Waals surface area contributed by atoms with Crippen molar-refractivity contribution in [2.24, 2.45) is 5.16 Å². The van der Waals surface area contributed by atoms with Gasteiger partial charge in [-0.25, -0.2) is 0 Å². The molecule has 3 heteroatoms. The number of benzene rings is 1. The number of Topliss-reactive ketones (excluding diaryl/α,β-unsaturated/α-hetero) is 1. The molecule has 0 amide bonds. The lowest BCUT2D eigenvalue weighted by Crippen LogP contribution is -2.12. The smallest absolute Gasteiger partial charge is 0.150 e. The van der Waals surface area contributed by atoms with Crippen molar-refractivity contribution >= 4 is 11.5 Å². The molecule has 1 aromatic rings. The predicted molar refractivity (Wildman–Crippen MR) is 69.6 cm³/mol. The molecule has 3 rings (SSSR count). The molecule has 1 aliphatic heterocycles.